The number of benzene rings is 1. The molecule has 0 saturated heterocycles. The molecule has 0 bridgehead atoms. The highest BCUT2D eigenvalue weighted by atomic mass is 32.2. The topological polar surface area (TPSA) is 131 Å². The van der Waals surface area contributed by atoms with E-state index in [1.54, 1.807) is 13.3 Å². The number of aromatic nitrogens is 6. The third kappa shape index (κ3) is 4.71. The molecule has 13 heteroatoms. The predicted molar refractivity (Wildman–Crippen MR) is 145 cm³/mol. The molecule has 6 rings (SSSR count). The van der Waals surface area contributed by atoms with E-state index in [4.69, 9.17) is 15.7 Å². The number of nitrogens with two attached hydrogens (primary N) is 1. The van der Waals surface area contributed by atoms with E-state index in [2.05, 4.69) is 20.6 Å². The molecule has 4 N–H and O–H groups in total. The molecule has 0 aliphatic heterocycles. The van der Waals surface area contributed by atoms with Gasteiger partial charge in [-0.1, -0.05) is 0 Å². The van der Waals surface area contributed by atoms with Gasteiger partial charge in [0.25, 0.3) is 5.91 Å². The van der Waals surface area contributed by atoms with Crippen LogP contribution in [0.5, 0.6) is 0 Å². The van der Waals surface area contributed by atoms with Crippen molar-refractivity contribution < 1.29 is 13.6 Å². The second-order valence-electron chi connectivity index (χ2n) is 9.91. The maximum absolute atomic E-state index is 15.1. The largest absolute Gasteiger partial charge is 0.364 e. The zero-order valence-electron chi connectivity index (χ0n) is 21.6. The highest BCUT2D eigenvalue weighted by molar-refractivity contribution is 7.98. The maximum atomic E-state index is 15.1. The Kier molecular flexibility index (Phi) is 6.25. The van der Waals surface area contributed by atoms with E-state index in [0.29, 0.717) is 33.7 Å². The number of nitrogens with one attached hydrogen (secondary N) is 2. The van der Waals surface area contributed by atoms with Crippen LogP contribution in [0.1, 0.15) is 59.3 Å². The van der Waals surface area contributed by atoms with Crippen LogP contribution in [0.4, 0.5) is 32.1 Å². The fraction of sp³-hybridized carbons (Fsp3) is 0.346. The molecule has 0 atom stereocenters. The van der Waals surface area contributed by atoms with Crippen molar-refractivity contribution in [2.45, 2.75) is 42.4 Å². The predicted octanol–water partition coefficient (Wildman–Crippen LogP) is 4.97. The third-order valence-corrected chi connectivity index (χ3v) is 7.78. The van der Waals surface area contributed by atoms with Gasteiger partial charge in [-0.25, -0.2) is 13.8 Å². The fourth-order valence-corrected chi connectivity index (χ4v) is 5.22. The van der Waals surface area contributed by atoms with Crippen molar-refractivity contribution in [1.29, 1.82) is 0 Å². The van der Waals surface area contributed by atoms with Crippen molar-refractivity contribution in [3.05, 3.63) is 53.0 Å². The lowest BCUT2D eigenvalue weighted by Gasteiger charge is -2.22. The number of nitrogens with zero attached hydrogens (tertiary/aromatic N) is 6. The lowest BCUT2D eigenvalue weighted by molar-refractivity contribution is 0.0992. The number of aryl methyl sites for hydroxylation is 1. The number of H-pyrrole nitrogens is 1. The number of hydrogen-bond acceptors (Lipinski definition) is 8. The van der Waals surface area contributed by atoms with Crippen LogP contribution in [0.25, 0.3) is 11.3 Å². The van der Waals surface area contributed by atoms with Gasteiger partial charge < -0.3 is 16.0 Å². The van der Waals surface area contributed by atoms with E-state index in [1.807, 2.05) is 6.07 Å². The van der Waals surface area contributed by atoms with Gasteiger partial charge in [-0.2, -0.15) is 15.2 Å². The van der Waals surface area contributed by atoms with Gasteiger partial charge in [0.1, 0.15) is 17.2 Å². The Morgan fingerprint density at radius 2 is 1.85 bits per heavy atom. The van der Waals surface area contributed by atoms with Gasteiger partial charge in [0, 0.05) is 42.2 Å². The summed E-state index contributed by atoms with van der Waals surface area (Å²) >= 11 is 1.24. The summed E-state index contributed by atoms with van der Waals surface area (Å²) in [6.45, 7) is 0. The Morgan fingerprint density at radius 3 is 2.46 bits per heavy atom. The zero-order valence-corrected chi connectivity index (χ0v) is 22.4. The Hall–Kier alpha value is -4.00. The van der Waals surface area contributed by atoms with Crippen LogP contribution in [-0.4, -0.2) is 49.2 Å². The van der Waals surface area contributed by atoms with Crippen LogP contribution in [-0.2, 0) is 7.05 Å². The Bertz CT molecular complexity index is 1570. The van der Waals surface area contributed by atoms with Crippen molar-refractivity contribution >= 4 is 40.9 Å². The first kappa shape index (κ1) is 25.3. The molecule has 2 fully saturated rings. The van der Waals surface area contributed by atoms with Crippen molar-refractivity contribution in [2.75, 3.05) is 23.5 Å². The zero-order chi connectivity index (χ0) is 27.4. The molecule has 10 nitrogen and oxygen atoms in total. The first-order valence-corrected chi connectivity index (χ1v) is 13.8. The van der Waals surface area contributed by atoms with Gasteiger partial charge in [0.05, 0.1) is 17.5 Å². The number of primary amides is 1. The Labute approximate surface area is 227 Å². The Morgan fingerprint density at radius 1 is 1.15 bits per heavy atom. The number of halogens is 2. The molecule has 2 aliphatic carbocycles. The molecule has 39 heavy (non-hydrogen) atoms. The quantitative estimate of drug-likeness (QED) is 0.249. The van der Waals surface area contributed by atoms with Crippen molar-refractivity contribution in [3.63, 3.8) is 0 Å². The van der Waals surface area contributed by atoms with E-state index in [1.165, 1.54) is 46.7 Å². The van der Waals surface area contributed by atoms with Crippen LogP contribution < -0.4 is 16.0 Å². The van der Waals surface area contributed by atoms with Crippen molar-refractivity contribution in [2.24, 2.45) is 12.8 Å². The summed E-state index contributed by atoms with van der Waals surface area (Å²) in [5, 5.41) is 15.0. The third-order valence-electron chi connectivity index (χ3n) is 7.07. The highest BCUT2D eigenvalue weighted by Gasteiger charge is 2.35. The number of anilines is 4. The average Bonchev–Trinajstić information content (AvgIpc) is 3.83. The summed E-state index contributed by atoms with van der Waals surface area (Å²) in [5.74, 6) is -0.508. The molecule has 0 unspecified atom stereocenters. The molecule has 3 heterocycles. The maximum Gasteiger partial charge on any atom is 0.267 e. The molecule has 1 amide bonds. The fourth-order valence-electron chi connectivity index (χ4n) is 4.78. The first-order chi connectivity index (χ1) is 18.7. The van der Waals surface area contributed by atoms with Gasteiger partial charge in [0.15, 0.2) is 17.5 Å². The monoisotopic (exact) mass is 551 g/mol. The number of aromatic amines is 1. The number of thioether (sulfide) groups is 1. The second-order valence-corrected chi connectivity index (χ2v) is 10.8. The van der Waals surface area contributed by atoms with Gasteiger partial charge in [-0.3, -0.25) is 14.6 Å². The summed E-state index contributed by atoms with van der Waals surface area (Å²) < 4.78 is 31.6. The van der Waals surface area contributed by atoms with E-state index in [0.717, 1.165) is 36.9 Å². The summed E-state index contributed by atoms with van der Waals surface area (Å²) in [5.41, 5.74) is 8.26. The van der Waals surface area contributed by atoms with E-state index < -0.39 is 17.5 Å². The minimum atomic E-state index is -0.742. The van der Waals surface area contributed by atoms with Gasteiger partial charge >= 0.3 is 0 Å². The smallest absolute Gasteiger partial charge is 0.267 e. The molecule has 3 aromatic heterocycles. The SMILES string of the molecule is CSc1cc(F)c(N(C)c2nc(Nc3cc(C4CC4)[nH]n3)c(C3CC3)c(-c3cnn(C)c3C(N)=O)n2)c(F)c1. The second kappa shape index (κ2) is 9.63. The van der Waals surface area contributed by atoms with E-state index >= 15 is 8.78 Å². The summed E-state index contributed by atoms with van der Waals surface area (Å²) in [4.78, 5) is 23.6. The van der Waals surface area contributed by atoms with E-state index in [9.17, 15) is 4.79 Å². The molecule has 202 valence electrons. The molecule has 1 aromatic carbocycles. The van der Waals surface area contributed by atoms with Crippen LogP contribution in [0.3, 0.4) is 0 Å². The number of carbonyl (C=O) groups excluding carboxylic acids is 1. The standard InChI is InChI=1S/C26H27F2N9OS/c1-36(23-16(27)8-14(39-3)9-17(23)28)26-32-21(15-11-30-37(2)22(15)24(29)38)20(13-6-7-13)25(33-26)31-19-10-18(34-35-19)12-4-5-12/h8-13H,4-7H2,1-3H3,(H2,29,38)(H2,31,32,33,34,35). The summed E-state index contributed by atoms with van der Waals surface area (Å²) in [6, 6.07) is 4.49. The van der Waals surface area contributed by atoms with Crippen LogP contribution in [0, 0.1) is 11.6 Å². The molecule has 0 spiro atoms. The summed E-state index contributed by atoms with van der Waals surface area (Å²) in [7, 11) is 3.12. The van der Waals surface area contributed by atoms with Crippen LogP contribution >= 0.6 is 11.8 Å². The first-order valence-electron chi connectivity index (χ1n) is 12.6. The normalized spacial score (nSPS) is 15.0. The Balaban J connectivity index is 1.53. The van der Waals surface area contributed by atoms with Gasteiger partial charge in [-0.15, -0.1) is 11.8 Å². The van der Waals surface area contributed by atoms with Gasteiger partial charge in [-0.05, 0) is 50.0 Å². The molecular formula is C26H27F2N9OS. The van der Waals surface area contributed by atoms with Crippen LogP contribution in [0.15, 0.2) is 29.3 Å². The molecule has 0 radical (unpaired) electrons. The number of hydrogen-bond donors (Lipinski definition) is 3. The van der Waals surface area contributed by atoms with Crippen molar-refractivity contribution in [1.82, 2.24) is 29.9 Å². The lowest BCUT2D eigenvalue weighted by Crippen LogP contribution is -2.20. The van der Waals surface area contributed by atoms with E-state index in [-0.39, 0.29) is 23.2 Å². The molecule has 2 saturated carbocycles. The molecule has 2 aliphatic rings. The molecular weight excluding hydrogens is 524 g/mol. The lowest BCUT2D eigenvalue weighted by atomic mass is 10.0. The minimum Gasteiger partial charge on any atom is -0.364 e. The minimum absolute atomic E-state index is 0.0313. The number of rotatable bonds is 9. The number of amides is 1. The average molecular weight is 552 g/mol. The highest BCUT2D eigenvalue weighted by Crippen LogP contribution is 2.49. The van der Waals surface area contributed by atoms with Crippen LogP contribution in [0.2, 0.25) is 0 Å². The number of carbonyl (C=O) groups is 1. The molecule has 4 aromatic rings. The van der Waals surface area contributed by atoms with Crippen molar-refractivity contribution in [3.8, 4) is 11.3 Å². The summed E-state index contributed by atoms with van der Waals surface area (Å²) in [6.07, 6.45) is 7.31. The van der Waals surface area contributed by atoms with Gasteiger partial charge in [0.2, 0.25) is 5.95 Å².